The number of methoxy groups -OCH3 is 2. The molecule has 0 fully saturated rings. The highest BCUT2D eigenvalue weighted by atomic mass is 16.5. The predicted octanol–water partition coefficient (Wildman–Crippen LogP) is 1.62. The largest absolute Gasteiger partial charge is 0.496 e. The molecule has 0 spiro atoms. The zero-order chi connectivity index (χ0) is 13.4. The summed E-state index contributed by atoms with van der Waals surface area (Å²) in [5.41, 5.74) is 8.03. The van der Waals surface area contributed by atoms with E-state index in [9.17, 15) is 0 Å². The molecule has 0 unspecified atom stereocenters. The first-order chi connectivity index (χ1) is 8.71. The van der Waals surface area contributed by atoms with Gasteiger partial charge in [-0.2, -0.15) is 0 Å². The van der Waals surface area contributed by atoms with Crippen molar-refractivity contribution >= 4 is 0 Å². The standard InChI is InChI=1S/C14H24N2O2/c1-16(7-4-8-17-2)11-12-5-6-14(18-3)13(9-12)10-15/h5-6,9H,4,7-8,10-11,15H2,1-3H3. The monoisotopic (exact) mass is 252 g/mol. The third-order valence-corrected chi connectivity index (χ3v) is 2.91. The maximum atomic E-state index is 5.71. The molecule has 102 valence electrons. The normalized spacial score (nSPS) is 10.9. The molecule has 0 aliphatic heterocycles. The molecule has 2 N–H and O–H groups in total. The van der Waals surface area contributed by atoms with E-state index in [2.05, 4.69) is 24.1 Å². The van der Waals surface area contributed by atoms with E-state index < -0.39 is 0 Å². The SMILES string of the molecule is COCCCN(C)Cc1ccc(OC)c(CN)c1. The molecular weight excluding hydrogens is 228 g/mol. The summed E-state index contributed by atoms with van der Waals surface area (Å²) in [7, 11) is 5.52. The highest BCUT2D eigenvalue weighted by molar-refractivity contribution is 5.37. The van der Waals surface area contributed by atoms with Gasteiger partial charge >= 0.3 is 0 Å². The summed E-state index contributed by atoms with van der Waals surface area (Å²) in [6, 6.07) is 6.19. The van der Waals surface area contributed by atoms with Crippen LogP contribution in [0.4, 0.5) is 0 Å². The summed E-state index contributed by atoms with van der Waals surface area (Å²) in [6.07, 6.45) is 1.05. The smallest absolute Gasteiger partial charge is 0.123 e. The van der Waals surface area contributed by atoms with Crippen molar-refractivity contribution in [2.24, 2.45) is 5.73 Å². The maximum absolute atomic E-state index is 5.71. The highest BCUT2D eigenvalue weighted by Gasteiger charge is 2.05. The van der Waals surface area contributed by atoms with E-state index in [1.807, 2.05) is 6.07 Å². The number of nitrogens with zero attached hydrogens (tertiary/aromatic N) is 1. The fourth-order valence-electron chi connectivity index (χ4n) is 1.96. The molecule has 1 aromatic carbocycles. The maximum Gasteiger partial charge on any atom is 0.123 e. The molecule has 0 saturated carbocycles. The van der Waals surface area contributed by atoms with Crippen molar-refractivity contribution in [3.8, 4) is 5.75 Å². The van der Waals surface area contributed by atoms with E-state index in [1.54, 1.807) is 14.2 Å². The average molecular weight is 252 g/mol. The van der Waals surface area contributed by atoms with Crippen LogP contribution in [0.2, 0.25) is 0 Å². The van der Waals surface area contributed by atoms with Crippen LogP contribution in [0.5, 0.6) is 5.75 Å². The van der Waals surface area contributed by atoms with Gasteiger partial charge in [-0.15, -0.1) is 0 Å². The Hall–Kier alpha value is -1.10. The lowest BCUT2D eigenvalue weighted by molar-refractivity contribution is 0.178. The summed E-state index contributed by atoms with van der Waals surface area (Å²) in [4.78, 5) is 2.28. The molecular formula is C14H24N2O2. The molecule has 0 radical (unpaired) electrons. The van der Waals surface area contributed by atoms with Gasteiger partial charge in [-0.3, -0.25) is 0 Å². The second-order valence-corrected chi connectivity index (χ2v) is 4.43. The van der Waals surface area contributed by atoms with Gasteiger partial charge in [0.25, 0.3) is 0 Å². The molecule has 4 nitrogen and oxygen atoms in total. The van der Waals surface area contributed by atoms with E-state index in [-0.39, 0.29) is 0 Å². The van der Waals surface area contributed by atoms with Crippen LogP contribution < -0.4 is 10.5 Å². The van der Waals surface area contributed by atoms with E-state index in [0.29, 0.717) is 6.54 Å². The van der Waals surface area contributed by atoms with Gasteiger partial charge < -0.3 is 20.1 Å². The minimum atomic E-state index is 0.504. The molecule has 0 aromatic heterocycles. The van der Waals surface area contributed by atoms with Crippen molar-refractivity contribution < 1.29 is 9.47 Å². The van der Waals surface area contributed by atoms with Gasteiger partial charge in [0, 0.05) is 38.9 Å². The topological polar surface area (TPSA) is 47.7 Å². The van der Waals surface area contributed by atoms with Gasteiger partial charge in [0.1, 0.15) is 5.75 Å². The number of hydrogen-bond acceptors (Lipinski definition) is 4. The van der Waals surface area contributed by atoms with Crippen molar-refractivity contribution in [3.63, 3.8) is 0 Å². The van der Waals surface area contributed by atoms with Gasteiger partial charge in [-0.1, -0.05) is 6.07 Å². The highest BCUT2D eigenvalue weighted by Crippen LogP contribution is 2.19. The molecule has 0 atom stereocenters. The van der Waals surface area contributed by atoms with E-state index in [0.717, 1.165) is 37.4 Å². The zero-order valence-electron chi connectivity index (χ0n) is 11.6. The minimum Gasteiger partial charge on any atom is -0.496 e. The second kappa shape index (κ2) is 8.08. The Labute approximate surface area is 110 Å². The molecule has 0 saturated heterocycles. The Morgan fingerprint density at radius 2 is 2.06 bits per heavy atom. The van der Waals surface area contributed by atoms with Crippen LogP contribution in [0.25, 0.3) is 0 Å². The summed E-state index contributed by atoms with van der Waals surface area (Å²) in [6.45, 7) is 3.25. The molecule has 1 aromatic rings. The third kappa shape index (κ3) is 4.64. The van der Waals surface area contributed by atoms with Gasteiger partial charge in [-0.05, 0) is 31.2 Å². The first-order valence-electron chi connectivity index (χ1n) is 6.24. The number of rotatable bonds is 8. The molecule has 0 heterocycles. The lowest BCUT2D eigenvalue weighted by Gasteiger charge is -2.17. The predicted molar refractivity (Wildman–Crippen MR) is 73.7 cm³/mol. The van der Waals surface area contributed by atoms with Gasteiger partial charge in [0.15, 0.2) is 0 Å². The summed E-state index contributed by atoms with van der Waals surface area (Å²) < 4.78 is 10.3. The Bertz CT molecular complexity index is 356. The van der Waals surface area contributed by atoms with Crippen LogP contribution in [0.1, 0.15) is 17.5 Å². The van der Waals surface area contributed by atoms with Crippen molar-refractivity contribution in [2.45, 2.75) is 19.5 Å². The summed E-state index contributed by atoms with van der Waals surface area (Å²) in [5, 5.41) is 0. The second-order valence-electron chi connectivity index (χ2n) is 4.43. The van der Waals surface area contributed by atoms with Crippen LogP contribution in [0.3, 0.4) is 0 Å². The van der Waals surface area contributed by atoms with E-state index >= 15 is 0 Å². The van der Waals surface area contributed by atoms with Crippen LogP contribution >= 0.6 is 0 Å². The Morgan fingerprint density at radius 3 is 2.67 bits per heavy atom. The van der Waals surface area contributed by atoms with Gasteiger partial charge in [0.2, 0.25) is 0 Å². The fraction of sp³-hybridized carbons (Fsp3) is 0.571. The lowest BCUT2D eigenvalue weighted by Crippen LogP contribution is -2.20. The number of hydrogen-bond donors (Lipinski definition) is 1. The molecule has 0 amide bonds. The fourth-order valence-corrected chi connectivity index (χ4v) is 1.96. The Balaban J connectivity index is 2.56. The number of nitrogens with two attached hydrogens (primary N) is 1. The zero-order valence-corrected chi connectivity index (χ0v) is 11.6. The quantitative estimate of drug-likeness (QED) is 0.714. The van der Waals surface area contributed by atoms with Crippen LogP contribution in [0.15, 0.2) is 18.2 Å². The van der Waals surface area contributed by atoms with Crippen molar-refractivity contribution in [3.05, 3.63) is 29.3 Å². The molecule has 0 bridgehead atoms. The van der Waals surface area contributed by atoms with Gasteiger partial charge in [-0.25, -0.2) is 0 Å². The molecule has 18 heavy (non-hydrogen) atoms. The first-order valence-corrected chi connectivity index (χ1v) is 6.24. The third-order valence-electron chi connectivity index (χ3n) is 2.91. The van der Waals surface area contributed by atoms with Crippen molar-refractivity contribution in [1.29, 1.82) is 0 Å². The van der Waals surface area contributed by atoms with E-state index in [4.69, 9.17) is 15.2 Å². The molecule has 0 aliphatic rings. The molecule has 1 rings (SSSR count). The first kappa shape index (κ1) is 15.0. The number of benzene rings is 1. The van der Waals surface area contributed by atoms with Crippen LogP contribution in [-0.2, 0) is 17.8 Å². The summed E-state index contributed by atoms with van der Waals surface area (Å²) >= 11 is 0. The lowest BCUT2D eigenvalue weighted by atomic mass is 10.1. The summed E-state index contributed by atoms with van der Waals surface area (Å²) in [5.74, 6) is 0.864. The van der Waals surface area contributed by atoms with Gasteiger partial charge in [0.05, 0.1) is 7.11 Å². The van der Waals surface area contributed by atoms with Crippen molar-refractivity contribution in [2.75, 3.05) is 34.4 Å². The molecule has 4 heteroatoms. The van der Waals surface area contributed by atoms with Crippen LogP contribution in [0, 0.1) is 0 Å². The minimum absolute atomic E-state index is 0.504. The average Bonchev–Trinajstić information content (AvgIpc) is 2.39. The Morgan fingerprint density at radius 1 is 1.28 bits per heavy atom. The molecule has 0 aliphatic carbocycles. The number of ether oxygens (including phenoxy) is 2. The Kier molecular flexibility index (Phi) is 6.72. The van der Waals surface area contributed by atoms with Crippen LogP contribution in [-0.4, -0.2) is 39.3 Å². The van der Waals surface area contributed by atoms with E-state index in [1.165, 1.54) is 5.56 Å². The van der Waals surface area contributed by atoms with Crippen molar-refractivity contribution in [1.82, 2.24) is 4.90 Å².